The SMILES string of the molecule is C/C1=C/Cc2cccc(O)c2C(=O)OC(C/C=C/NC(=O)/C=C\C=N)CC(=O)OC(CO)/C=C/C1O. The second-order valence-electron chi connectivity index (χ2n) is 7.91. The Morgan fingerprint density at radius 3 is 2.75 bits per heavy atom. The van der Waals surface area contributed by atoms with Crippen molar-refractivity contribution in [2.75, 3.05) is 6.61 Å². The number of fused-ring (bicyclic) bond motifs is 1. The molecule has 1 aromatic rings. The highest BCUT2D eigenvalue weighted by Crippen LogP contribution is 2.25. The van der Waals surface area contributed by atoms with Gasteiger partial charge in [-0.2, -0.15) is 0 Å². The second-order valence-corrected chi connectivity index (χ2v) is 7.91. The van der Waals surface area contributed by atoms with Gasteiger partial charge in [-0.3, -0.25) is 9.59 Å². The van der Waals surface area contributed by atoms with Crippen LogP contribution in [0.25, 0.3) is 0 Å². The largest absolute Gasteiger partial charge is 0.507 e. The summed E-state index contributed by atoms with van der Waals surface area (Å²) in [6.07, 6.45) is 7.40. The van der Waals surface area contributed by atoms with Crippen molar-refractivity contribution in [1.29, 1.82) is 5.41 Å². The van der Waals surface area contributed by atoms with Gasteiger partial charge in [0.25, 0.3) is 0 Å². The molecule has 10 heteroatoms. The topological polar surface area (TPSA) is 166 Å². The fraction of sp³-hybridized carbons (Fsp3) is 0.308. The predicted molar refractivity (Wildman–Crippen MR) is 131 cm³/mol. The molecule has 3 atom stereocenters. The van der Waals surface area contributed by atoms with E-state index in [4.69, 9.17) is 14.9 Å². The molecule has 1 heterocycles. The van der Waals surface area contributed by atoms with Crippen molar-refractivity contribution >= 4 is 24.1 Å². The molecule has 5 N–H and O–H groups in total. The molecule has 1 aliphatic rings. The Morgan fingerprint density at radius 2 is 2.03 bits per heavy atom. The van der Waals surface area contributed by atoms with Gasteiger partial charge in [-0.15, -0.1) is 0 Å². The van der Waals surface area contributed by atoms with E-state index in [9.17, 15) is 29.7 Å². The second kappa shape index (κ2) is 14.4. The number of aliphatic hydroxyl groups excluding tert-OH is 2. The number of aromatic hydroxyl groups is 1. The van der Waals surface area contributed by atoms with Crippen molar-refractivity contribution in [3.05, 3.63) is 77.6 Å². The van der Waals surface area contributed by atoms with Crippen molar-refractivity contribution in [3.8, 4) is 5.75 Å². The first kappa shape index (κ1) is 28.2. The number of carbonyl (C=O) groups is 3. The van der Waals surface area contributed by atoms with E-state index in [1.54, 1.807) is 25.1 Å². The van der Waals surface area contributed by atoms with Crippen LogP contribution < -0.4 is 5.32 Å². The third-order valence-electron chi connectivity index (χ3n) is 5.17. The highest BCUT2D eigenvalue weighted by Gasteiger charge is 2.25. The lowest BCUT2D eigenvalue weighted by Crippen LogP contribution is -2.27. The number of nitrogens with one attached hydrogen (secondary N) is 2. The molecule has 0 radical (unpaired) electrons. The average molecular weight is 499 g/mol. The number of esters is 2. The van der Waals surface area contributed by atoms with Gasteiger partial charge in [0, 0.05) is 24.9 Å². The first-order valence-corrected chi connectivity index (χ1v) is 11.2. The zero-order chi connectivity index (χ0) is 26.5. The fourth-order valence-corrected chi connectivity index (χ4v) is 3.23. The molecule has 1 amide bonds. The highest BCUT2D eigenvalue weighted by atomic mass is 16.6. The number of amides is 1. The number of benzene rings is 1. The summed E-state index contributed by atoms with van der Waals surface area (Å²) in [5.74, 6) is -2.39. The number of phenols is 1. The number of aliphatic hydroxyl groups is 2. The van der Waals surface area contributed by atoms with Crippen LogP contribution in [0.1, 0.15) is 35.7 Å². The normalized spacial score (nSPS) is 24.0. The van der Waals surface area contributed by atoms with Gasteiger partial charge in [0.15, 0.2) is 0 Å². The average Bonchev–Trinajstić information content (AvgIpc) is 2.85. The van der Waals surface area contributed by atoms with Gasteiger partial charge >= 0.3 is 11.9 Å². The molecule has 0 saturated heterocycles. The van der Waals surface area contributed by atoms with Gasteiger partial charge in [-0.05, 0) is 42.7 Å². The molecule has 0 saturated carbocycles. The molecular formula is C26H30N2O8. The molecule has 1 aliphatic heterocycles. The van der Waals surface area contributed by atoms with E-state index in [1.165, 1.54) is 36.6 Å². The van der Waals surface area contributed by atoms with Crippen LogP contribution in [0.3, 0.4) is 0 Å². The van der Waals surface area contributed by atoms with Gasteiger partial charge in [-0.1, -0.05) is 30.4 Å². The summed E-state index contributed by atoms with van der Waals surface area (Å²) in [7, 11) is 0. The lowest BCUT2D eigenvalue weighted by atomic mass is 10.0. The zero-order valence-electron chi connectivity index (χ0n) is 19.8. The minimum Gasteiger partial charge on any atom is -0.507 e. The maximum absolute atomic E-state index is 13.0. The van der Waals surface area contributed by atoms with E-state index in [0.717, 1.165) is 12.3 Å². The Labute approximate surface area is 208 Å². The monoisotopic (exact) mass is 498 g/mol. The third-order valence-corrected chi connectivity index (χ3v) is 5.17. The first-order chi connectivity index (χ1) is 17.2. The van der Waals surface area contributed by atoms with E-state index < -0.39 is 42.8 Å². The third kappa shape index (κ3) is 8.97. The van der Waals surface area contributed by atoms with Crippen LogP contribution in [0.5, 0.6) is 5.75 Å². The number of hydrogen-bond acceptors (Lipinski definition) is 9. The van der Waals surface area contributed by atoms with Crippen LogP contribution in [0.15, 0.2) is 66.4 Å². The Kier molecular flexibility index (Phi) is 11.3. The highest BCUT2D eigenvalue weighted by molar-refractivity contribution is 5.94. The Hall–Kier alpha value is -4.02. The Morgan fingerprint density at radius 1 is 1.25 bits per heavy atom. The van der Waals surface area contributed by atoms with Gasteiger partial charge in [0.1, 0.15) is 23.5 Å². The number of phenolic OH excluding ortho intramolecular Hbond substituents is 1. The molecule has 1 aromatic carbocycles. The van der Waals surface area contributed by atoms with Crippen molar-refractivity contribution in [2.45, 2.75) is 44.5 Å². The number of hydrogen-bond donors (Lipinski definition) is 5. The number of rotatable bonds is 6. The molecule has 36 heavy (non-hydrogen) atoms. The maximum atomic E-state index is 13.0. The molecule has 10 nitrogen and oxygen atoms in total. The zero-order valence-corrected chi connectivity index (χ0v) is 19.8. The summed E-state index contributed by atoms with van der Waals surface area (Å²) in [4.78, 5) is 37.1. The predicted octanol–water partition coefficient (Wildman–Crippen LogP) is 1.86. The van der Waals surface area contributed by atoms with E-state index in [0.29, 0.717) is 11.1 Å². The number of ether oxygens (including phenoxy) is 2. The molecular weight excluding hydrogens is 468 g/mol. The van der Waals surface area contributed by atoms with Gasteiger partial charge in [-0.25, -0.2) is 4.79 Å². The summed E-state index contributed by atoms with van der Waals surface area (Å²) in [5.41, 5.74) is 0.940. The first-order valence-electron chi connectivity index (χ1n) is 11.2. The molecule has 192 valence electrons. The Bertz CT molecular complexity index is 1070. The van der Waals surface area contributed by atoms with Crippen LogP contribution in [0.4, 0.5) is 0 Å². The molecule has 0 spiro atoms. The quantitative estimate of drug-likeness (QED) is 0.171. The summed E-state index contributed by atoms with van der Waals surface area (Å²) in [6.45, 7) is 1.16. The summed E-state index contributed by atoms with van der Waals surface area (Å²) < 4.78 is 10.8. The standard InChI is InChI=1S/C26H30N2O8/c1-17-9-10-18-5-2-7-22(31)25(18)26(34)36-19(6-4-14-28-23(32)8-3-13-27)15-24(33)35-20(16-29)11-12-21(17)30/h2-5,7-9,11-14,19-21,27,29-31H,6,10,15-16H2,1H3,(H,28,32)/b8-3-,12-11+,14-4+,17-9-,27-13?. The molecule has 2 rings (SSSR count). The summed E-state index contributed by atoms with van der Waals surface area (Å²) in [5, 5.41) is 39.6. The van der Waals surface area contributed by atoms with Crippen LogP contribution in [-0.4, -0.2) is 64.3 Å². The Balaban J connectivity index is 2.34. The van der Waals surface area contributed by atoms with E-state index in [2.05, 4.69) is 5.32 Å². The summed E-state index contributed by atoms with van der Waals surface area (Å²) >= 11 is 0. The number of cyclic esters (lactones) is 2. The van der Waals surface area contributed by atoms with Crippen LogP contribution in [0, 0.1) is 5.41 Å². The molecule has 0 aromatic heterocycles. The molecule has 0 aliphatic carbocycles. The summed E-state index contributed by atoms with van der Waals surface area (Å²) in [6, 6.07) is 4.56. The number of allylic oxidation sites excluding steroid dienone is 2. The molecule has 0 fully saturated rings. The van der Waals surface area contributed by atoms with Gasteiger partial charge in [0.2, 0.25) is 5.91 Å². The maximum Gasteiger partial charge on any atom is 0.342 e. The van der Waals surface area contributed by atoms with Crippen molar-refractivity contribution in [1.82, 2.24) is 5.32 Å². The van der Waals surface area contributed by atoms with Crippen molar-refractivity contribution in [3.63, 3.8) is 0 Å². The minimum absolute atomic E-state index is 0.0235. The fourth-order valence-electron chi connectivity index (χ4n) is 3.23. The van der Waals surface area contributed by atoms with Crippen molar-refractivity contribution < 1.29 is 39.2 Å². The van der Waals surface area contributed by atoms with E-state index in [1.807, 2.05) is 0 Å². The van der Waals surface area contributed by atoms with E-state index >= 15 is 0 Å². The lowest BCUT2D eigenvalue weighted by Gasteiger charge is -2.19. The van der Waals surface area contributed by atoms with Gasteiger partial charge in [0.05, 0.1) is 19.1 Å². The minimum atomic E-state index is -1.02. The van der Waals surface area contributed by atoms with Crippen molar-refractivity contribution in [2.24, 2.45) is 0 Å². The smallest absolute Gasteiger partial charge is 0.342 e. The van der Waals surface area contributed by atoms with Crippen LogP contribution in [0.2, 0.25) is 0 Å². The van der Waals surface area contributed by atoms with Gasteiger partial charge < -0.3 is 35.5 Å². The van der Waals surface area contributed by atoms with Crippen LogP contribution >= 0.6 is 0 Å². The lowest BCUT2D eigenvalue weighted by molar-refractivity contribution is -0.150. The van der Waals surface area contributed by atoms with E-state index in [-0.39, 0.29) is 30.6 Å². The molecule has 0 bridgehead atoms. The van der Waals surface area contributed by atoms with Crippen LogP contribution in [-0.2, 0) is 25.5 Å². The number of carbonyl (C=O) groups excluding carboxylic acids is 3. The molecule has 3 unspecified atom stereocenters.